The summed E-state index contributed by atoms with van der Waals surface area (Å²) < 4.78 is 1.96. The summed E-state index contributed by atoms with van der Waals surface area (Å²) in [5.74, 6) is 0. The largest absolute Gasteiger partial charge is 0.319 e. The van der Waals surface area contributed by atoms with Gasteiger partial charge < -0.3 is 5.73 Å². The van der Waals surface area contributed by atoms with Gasteiger partial charge in [-0.1, -0.05) is 19.1 Å². The second-order valence-corrected chi connectivity index (χ2v) is 3.55. The number of nitrogens with two attached hydrogens (primary N) is 1. The standard InChI is InChI=1S/C11H19N3/c1-5-9-7-10(11(12)8(3)4)14(6-2)13-9/h7,11H,3,5-6,12H2,1-2,4H3. The Morgan fingerprint density at radius 3 is 2.71 bits per heavy atom. The van der Waals surface area contributed by atoms with Gasteiger partial charge in [-0.2, -0.15) is 5.10 Å². The van der Waals surface area contributed by atoms with Crippen molar-refractivity contribution in [2.24, 2.45) is 5.73 Å². The van der Waals surface area contributed by atoms with Crippen LogP contribution in [-0.4, -0.2) is 9.78 Å². The maximum atomic E-state index is 6.02. The van der Waals surface area contributed by atoms with Crippen molar-refractivity contribution in [3.05, 3.63) is 29.6 Å². The Hall–Kier alpha value is -1.09. The van der Waals surface area contributed by atoms with Crippen LogP contribution in [0.5, 0.6) is 0 Å². The highest BCUT2D eigenvalue weighted by Crippen LogP contribution is 2.18. The van der Waals surface area contributed by atoms with E-state index in [-0.39, 0.29) is 6.04 Å². The molecule has 0 bridgehead atoms. The Bertz CT molecular complexity index is 325. The summed E-state index contributed by atoms with van der Waals surface area (Å²) in [5.41, 5.74) is 9.16. The fraction of sp³-hybridized carbons (Fsp3) is 0.545. The minimum absolute atomic E-state index is 0.0947. The van der Waals surface area contributed by atoms with Crippen molar-refractivity contribution in [2.75, 3.05) is 0 Å². The monoisotopic (exact) mass is 193 g/mol. The second-order valence-electron chi connectivity index (χ2n) is 3.55. The molecule has 0 aliphatic heterocycles. The fourth-order valence-corrected chi connectivity index (χ4v) is 1.42. The van der Waals surface area contributed by atoms with Crippen LogP contribution in [0.15, 0.2) is 18.2 Å². The van der Waals surface area contributed by atoms with Crippen molar-refractivity contribution in [3.8, 4) is 0 Å². The summed E-state index contributed by atoms with van der Waals surface area (Å²) >= 11 is 0. The summed E-state index contributed by atoms with van der Waals surface area (Å²) in [6.45, 7) is 10.8. The molecule has 78 valence electrons. The summed E-state index contributed by atoms with van der Waals surface area (Å²) in [4.78, 5) is 0. The highest BCUT2D eigenvalue weighted by molar-refractivity contribution is 5.21. The SMILES string of the molecule is C=C(C)C(N)c1cc(CC)nn1CC. The molecule has 1 heterocycles. The third-order valence-corrected chi connectivity index (χ3v) is 2.37. The molecular formula is C11H19N3. The van der Waals surface area contributed by atoms with Crippen LogP contribution in [0.3, 0.4) is 0 Å². The zero-order chi connectivity index (χ0) is 10.7. The Kier molecular flexibility index (Phi) is 3.47. The number of hydrogen-bond acceptors (Lipinski definition) is 2. The van der Waals surface area contributed by atoms with Crippen LogP contribution >= 0.6 is 0 Å². The molecular weight excluding hydrogens is 174 g/mol. The Morgan fingerprint density at radius 2 is 2.29 bits per heavy atom. The van der Waals surface area contributed by atoms with Gasteiger partial charge in [-0.25, -0.2) is 0 Å². The third kappa shape index (κ3) is 2.04. The van der Waals surface area contributed by atoms with Gasteiger partial charge in [0.2, 0.25) is 0 Å². The van der Waals surface area contributed by atoms with E-state index in [9.17, 15) is 0 Å². The molecule has 0 aliphatic carbocycles. The van der Waals surface area contributed by atoms with E-state index in [0.717, 1.165) is 29.9 Å². The Labute approximate surface area is 85.6 Å². The number of aromatic nitrogens is 2. The van der Waals surface area contributed by atoms with E-state index in [2.05, 4.69) is 31.6 Å². The molecule has 14 heavy (non-hydrogen) atoms. The molecule has 0 aliphatic rings. The van der Waals surface area contributed by atoms with Gasteiger partial charge in [-0.3, -0.25) is 4.68 Å². The van der Waals surface area contributed by atoms with E-state index in [1.165, 1.54) is 0 Å². The summed E-state index contributed by atoms with van der Waals surface area (Å²) in [7, 11) is 0. The zero-order valence-electron chi connectivity index (χ0n) is 9.25. The zero-order valence-corrected chi connectivity index (χ0v) is 9.25. The normalized spacial score (nSPS) is 12.9. The lowest BCUT2D eigenvalue weighted by Gasteiger charge is -2.12. The van der Waals surface area contributed by atoms with E-state index in [1.54, 1.807) is 0 Å². The van der Waals surface area contributed by atoms with E-state index >= 15 is 0 Å². The van der Waals surface area contributed by atoms with Crippen LogP contribution in [0, 0.1) is 0 Å². The molecule has 0 amide bonds. The smallest absolute Gasteiger partial charge is 0.0677 e. The molecule has 0 saturated heterocycles. The van der Waals surface area contributed by atoms with Crippen molar-refractivity contribution in [2.45, 2.75) is 39.8 Å². The molecule has 1 atom stereocenters. The molecule has 1 rings (SSSR count). The predicted molar refractivity (Wildman–Crippen MR) is 59.0 cm³/mol. The lowest BCUT2D eigenvalue weighted by molar-refractivity contribution is 0.592. The topological polar surface area (TPSA) is 43.8 Å². The van der Waals surface area contributed by atoms with Gasteiger partial charge in [0.15, 0.2) is 0 Å². The van der Waals surface area contributed by atoms with Crippen molar-refractivity contribution in [1.82, 2.24) is 9.78 Å². The van der Waals surface area contributed by atoms with E-state index in [0.29, 0.717) is 0 Å². The van der Waals surface area contributed by atoms with Crippen molar-refractivity contribution < 1.29 is 0 Å². The first-order valence-electron chi connectivity index (χ1n) is 5.07. The number of aryl methyl sites for hydroxylation is 2. The van der Waals surface area contributed by atoms with Crippen LogP contribution in [0.4, 0.5) is 0 Å². The maximum absolute atomic E-state index is 6.02. The highest BCUT2D eigenvalue weighted by Gasteiger charge is 2.13. The number of hydrogen-bond donors (Lipinski definition) is 1. The van der Waals surface area contributed by atoms with Crippen LogP contribution in [0.25, 0.3) is 0 Å². The van der Waals surface area contributed by atoms with Crippen LogP contribution < -0.4 is 5.73 Å². The first-order chi connectivity index (χ1) is 6.60. The van der Waals surface area contributed by atoms with Gasteiger partial charge in [0.05, 0.1) is 17.4 Å². The number of rotatable bonds is 4. The molecule has 3 nitrogen and oxygen atoms in total. The lowest BCUT2D eigenvalue weighted by atomic mass is 10.1. The van der Waals surface area contributed by atoms with Gasteiger partial charge in [0.1, 0.15) is 0 Å². The maximum Gasteiger partial charge on any atom is 0.0677 e. The molecule has 2 N–H and O–H groups in total. The van der Waals surface area contributed by atoms with Gasteiger partial charge in [-0.15, -0.1) is 0 Å². The summed E-state index contributed by atoms with van der Waals surface area (Å²) in [6, 6.07) is 1.98. The first kappa shape index (κ1) is 11.0. The fourth-order valence-electron chi connectivity index (χ4n) is 1.42. The van der Waals surface area contributed by atoms with Crippen LogP contribution in [0.1, 0.15) is 38.2 Å². The minimum atomic E-state index is -0.0947. The Morgan fingerprint density at radius 1 is 1.64 bits per heavy atom. The molecule has 0 saturated carbocycles. The molecule has 0 fully saturated rings. The predicted octanol–water partition coefficient (Wildman–Crippen LogP) is 2.04. The van der Waals surface area contributed by atoms with E-state index in [4.69, 9.17) is 5.73 Å². The second kappa shape index (κ2) is 4.42. The molecule has 0 aromatic carbocycles. The molecule has 1 unspecified atom stereocenters. The lowest BCUT2D eigenvalue weighted by Crippen LogP contribution is -2.16. The molecule has 0 spiro atoms. The van der Waals surface area contributed by atoms with E-state index < -0.39 is 0 Å². The average molecular weight is 193 g/mol. The van der Waals surface area contributed by atoms with Gasteiger partial charge in [-0.05, 0) is 26.3 Å². The summed E-state index contributed by atoms with van der Waals surface area (Å²) in [5, 5.41) is 4.45. The third-order valence-electron chi connectivity index (χ3n) is 2.37. The van der Waals surface area contributed by atoms with E-state index in [1.807, 2.05) is 11.6 Å². The van der Waals surface area contributed by atoms with Gasteiger partial charge in [0.25, 0.3) is 0 Å². The highest BCUT2D eigenvalue weighted by atomic mass is 15.3. The molecule has 3 heteroatoms. The molecule has 0 radical (unpaired) electrons. The van der Waals surface area contributed by atoms with Crippen molar-refractivity contribution in [3.63, 3.8) is 0 Å². The Balaban J connectivity index is 3.05. The molecule has 1 aromatic rings. The average Bonchev–Trinajstić information content (AvgIpc) is 2.59. The van der Waals surface area contributed by atoms with Crippen molar-refractivity contribution >= 4 is 0 Å². The van der Waals surface area contributed by atoms with Crippen LogP contribution in [0.2, 0.25) is 0 Å². The van der Waals surface area contributed by atoms with Crippen molar-refractivity contribution in [1.29, 1.82) is 0 Å². The first-order valence-corrected chi connectivity index (χ1v) is 5.07. The van der Waals surface area contributed by atoms with Gasteiger partial charge in [0, 0.05) is 6.54 Å². The summed E-state index contributed by atoms with van der Waals surface area (Å²) in [6.07, 6.45) is 0.947. The minimum Gasteiger partial charge on any atom is -0.319 e. The van der Waals surface area contributed by atoms with Gasteiger partial charge >= 0.3 is 0 Å². The quantitative estimate of drug-likeness (QED) is 0.744. The molecule has 1 aromatic heterocycles. The number of nitrogens with zero attached hydrogens (tertiary/aromatic N) is 2. The van der Waals surface area contributed by atoms with Crippen LogP contribution in [-0.2, 0) is 13.0 Å².